The Kier molecular flexibility index (Phi) is 6.91. The molecule has 1 rings (SSSR count). The van der Waals surface area contributed by atoms with E-state index in [1.165, 1.54) is 0 Å². The molecule has 1 fully saturated rings. The monoisotopic (exact) mass is 302 g/mol. The molecule has 0 radical (unpaired) electrons. The molecule has 2 amide bonds. The number of carbonyl (C=O) groups excluding carboxylic acids is 1. The quantitative estimate of drug-likeness (QED) is 0.612. The van der Waals surface area contributed by atoms with Crippen LogP contribution in [-0.4, -0.2) is 55.1 Å². The van der Waals surface area contributed by atoms with Crippen molar-refractivity contribution in [2.75, 3.05) is 20.3 Å². The van der Waals surface area contributed by atoms with Crippen molar-refractivity contribution < 1.29 is 24.2 Å². The van der Waals surface area contributed by atoms with E-state index in [4.69, 9.17) is 14.6 Å². The zero-order valence-corrected chi connectivity index (χ0v) is 13.0. The number of carboxylic acids is 1. The highest BCUT2D eigenvalue weighted by Crippen LogP contribution is 2.23. The highest BCUT2D eigenvalue weighted by molar-refractivity contribution is 5.82. The van der Waals surface area contributed by atoms with Crippen LogP contribution in [0.4, 0.5) is 4.79 Å². The summed E-state index contributed by atoms with van der Waals surface area (Å²) in [6, 6.07) is -1.34. The van der Waals surface area contributed by atoms with Gasteiger partial charge in [0, 0.05) is 26.4 Å². The number of carbonyl (C=O) groups is 2. The van der Waals surface area contributed by atoms with E-state index in [0.29, 0.717) is 32.5 Å². The first-order chi connectivity index (χ1) is 9.84. The predicted molar refractivity (Wildman–Crippen MR) is 77.3 cm³/mol. The predicted octanol–water partition coefficient (Wildman–Crippen LogP) is 1.12. The number of methoxy groups -OCH3 is 1. The molecule has 0 spiro atoms. The number of rotatable bonds is 7. The topological polar surface area (TPSA) is 96.9 Å². The Labute approximate surface area is 125 Å². The van der Waals surface area contributed by atoms with Gasteiger partial charge >= 0.3 is 12.0 Å². The Morgan fingerprint density at radius 1 is 1.48 bits per heavy atom. The fraction of sp³-hybridized carbons (Fsp3) is 0.857. The van der Waals surface area contributed by atoms with Gasteiger partial charge in [-0.25, -0.2) is 9.59 Å². The lowest BCUT2D eigenvalue weighted by molar-refractivity contribution is -0.139. The zero-order chi connectivity index (χ0) is 15.9. The van der Waals surface area contributed by atoms with Crippen LogP contribution < -0.4 is 10.6 Å². The van der Waals surface area contributed by atoms with Crippen molar-refractivity contribution in [3.05, 3.63) is 0 Å². The first-order valence-corrected chi connectivity index (χ1v) is 7.27. The van der Waals surface area contributed by atoms with Gasteiger partial charge in [-0.15, -0.1) is 0 Å². The van der Waals surface area contributed by atoms with E-state index in [1.807, 2.05) is 13.8 Å². The number of urea groups is 1. The van der Waals surface area contributed by atoms with Crippen molar-refractivity contribution in [2.24, 2.45) is 0 Å². The summed E-state index contributed by atoms with van der Waals surface area (Å²) in [7, 11) is 1.56. The molecule has 1 saturated heterocycles. The van der Waals surface area contributed by atoms with Crippen molar-refractivity contribution in [1.82, 2.24) is 10.6 Å². The number of hydrogen-bond acceptors (Lipinski definition) is 4. The van der Waals surface area contributed by atoms with Crippen molar-refractivity contribution in [1.29, 1.82) is 0 Å². The summed E-state index contributed by atoms with van der Waals surface area (Å²) in [5, 5.41) is 14.4. The molecule has 1 heterocycles. The Bertz CT molecular complexity index is 359. The van der Waals surface area contributed by atoms with Gasteiger partial charge in [-0.05, 0) is 39.5 Å². The maximum absolute atomic E-state index is 11.9. The molecular weight excluding hydrogens is 276 g/mol. The largest absolute Gasteiger partial charge is 0.480 e. The number of nitrogens with one attached hydrogen (secondary N) is 2. The number of ether oxygens (including phenoxy) is 2. The standard InChI is InChI=1S/C14H26N2O5/c1-14(2)9-10(6-8-21-14)15-13(19)16-11(12(17)18)5-4-7-20-3/h10-11H,4-9H2,1-3H3,(H,17,18)(H2,15,16,19). The van der Waals surface area contributed by atoms with Crippen LogP contribution in [0.3, 0.4) is 0 Å². The second-order valence-corrected chi connectivity index (χ2v) is 5.94. The molecule has 3 N–H and O–H groups in total. The van der Waals surface area contributed by atoms with Gasteiger partial charge < -0.3 is 25.2 Å². The molecule has 0 bridgehead atoms. The Morgan fingerprint density at radius 3 is 2.76 bits per heavy atom. The molecule has 7 heteroatoms. The molecule has 0 aromatic rings. The number of carboxylic acid groups (broad SMARTS) is 1. The third kappa shape index (κ3) is 6.77. The van der Waals surface area contributed by atoms with E-state index in [9.17, 15) is 9.59 Å². The molecule has 1 aliphatic rings. The first-order valence-electron chi connectivity index (χ1n) is 7.27. The highest BCUT2D eigenvalue weighted by atomic mass is 16.5. The van der Waals surface area contributed by atoms with Crippen LogP contribution >= 0.6 is 0 Å². The van der Waals surface area contributed by atoms with E-state index in [-0.39, 0.29) is 11.6 Å². The van der Waals surface area contributed by atoms with Crippen LogP contribution in [0.5, 0.6) is 0 Å². The fourth-order valence-corrected chi connectivity index (χ4v) is 2.43. The molecule has 7 nitrogen and oxygen atoms in total. The smallest absolute Gasteiger partial charge is 0.326 e. The lowest BCUT2D eigenvalue weighted by Crippen LogP contribution is -2.52. The van der Waals surface area contributed by atoms with Gasteiger partial charge in [-0.2, -0.15) is 0 Å². The summed E-state index contributed by atoms with van der Waals surface area (Å²) in [6.07, 6.45) is 2.37. The molecule has 2 unspecified atom stereocenters. The third-order valence-electron chi connectivity index (χ3n) is 3.48. The maximum atomic E-state index is 11.9. The maximum Gasteiger partial charge on any atom is 0.326 e. The van der Waals surface area contributed by atoms with Crippen molar-refractivity contribution >= 4 is 12.0 Å². The molecule has 2 atom stereocenters. The van der Waals surface area contributed by atoms with Gasteiger partial charge in [-0.1, -0.05) is 0 Å². The normalized spacial score (nSPS) is 22.3. The number of amides is 2. The Hall–Kier alpha value is -1.34. The molecule has 0 aliphatic carbocycles. The molecule has 0 aromatic heterocycles. The van der Waals surface area contributed by atoms with E-state index in [0.717, 1.165) is 6.42 Å². The fourth-order valence-electron chi connectivity index (χ4n) is 2.43. The molecular formula is C14H26N2O5. The van der Waals surface area contributed by atoms with Crippen LogP contribution in [0, 0.1) is 0 Å². The second kappa shape index (κ2) is 8.19. The van der Waals surface area contributed by atoms with Gasteiger partial charge in [0.2, 0.25) is 0 Å². The summed E-state index contributed by atoms with van der Waals surface area (Å²) in [6.45, 7) is 5.02. The lowest BCUT2D eigenvalue weighted by atomic mass is 9.94. The van der Waals surface area contributed by atoms with Gasteiger partial charge in [0.15, 0.2) is 0 Å². The Balaban J connectivity index is 2.40. The van der Waals surface area contributed by atoms with Gasteiger partial charge in [0.05, 0.1) is 5.60 Å². The zero-order valence-electron chi connectivity index (χ0n) is 13.0. The average molecular weight is 302 g/mol. The molecule has 0 saturated carbocycles. The van der Waals surface area contributed by atoms with E-state index < -0.39 is 18.0 Å². The van der Waals surface area contributed by atoms with Crippen LogP contribution in [0.1, 0.15) is 39.5 Å². The number of aliphatic carboxylic acids is 1. The summed E-state index contributed by atoms with van der Waals surface area (Å²) < 4.78 is 10.5. The second-order valence-electron chi connectivity index (χ2n) is 5.94. The molecule has 122 valence electrons. The highest BCUT2D eigenvalue weighted by Gasteiger charge is 2.30. The minimum absolute atomic E-state index is 0.00201. The minimum Gasteiger partial charge on any atom is -0.480 e. The summed E-state index contributed by atoms with van der Waals surface area (Å²) >= 11 is 0. The van der Waals surface area contributed by atoms with E-state index in [1.54, 1.807) is 7.11 Å². The van der Waals surface area contributed by atoms with Gasteiger partial charge in [0.1, 0.15) is 6.04 Å². The van der Waals surface area contributed by atoms with Crippen LogP contribution in [0.15, 0.2) is 0 Å². The average Bonchev–Trinajstić information content (AvgIpc) is 2.36. The van der Waals surface area contributed by atoms with Gasteiger partial charge in [0.25, 0.3) is 0 Å². The summed E-state index contributed by atoms with van der Waals surface area (Å²) in [5.74, 6) is -1.03. The molecule has 0 aromatic carbocycles. The third-order valence-corrected chi connectivity index (χ3v) is 3.48. The van der Waals surface area contributed by atoms with Crippen LogP contribution in [0.2, 0.25) is 0 Å². The SMILES string of the molecule is COCCCC(NC(=O)NC1CCOC(C)(C)C1)C(=O)O. The van der Waals surface area contributed by atoms with Crippen molar-refractivity contribution in [3.8, 4) is 0 Å². The lowest BCUT2D eigenvalue weighted by Gasteiger charge is -2.35. The summed E-state index contributed by atoms with van der Waals surface area (Å²) in [5.41, 5.74) is -0.263. The first kappa shape index (κ1) is 17.7. The van der Waals surface area contributed by atoms with Crippen molar-refractivity contribution in [3.63, 3.8) is 0 Å². The minimum atomic E-state index is -1.03. The Morgan fingerprint density at radius 2 is 2.19 bits per heavy atom. The number of hydrogen-bond donors (Lipinski definition) is 3. The summed E-state index contributed by atoms with van der Waals surface area (Å²) in [4.78, 5) is 23.0. The van der Waals surface area contributed by atoms with E-state index in [2.05, 4.69) is 10.6 Å². The van der Waals surface area contributed by atoms with Crippen molar-refractivity contribution in [2.45, 2.75) is 57.2 Å². The van der Waals surface area contributed by atoms with Gasteiger partial charge in [-0.3, -0.25) is 0 Å². The molecule has 21 heavy (non-hydrogen) atoms. The molecule has 1 aliphatic heterocycles. The van der Waals surface area contributed by atoms with Crippen LogP contribution in [-0.2, 0) is 14.3 Å². The van der Waals surface area contributed by atoms with E-state index >= 15 is 0 Å². The van der Waals surface area contributed by atoms with Crippen LogP contribution in [0.25, 0.3) is 0 Å².